The molecule has 0 saturated heterocycles. The Bertz CT molecular complexity index is 1440. The minimum Gasteiger partial charge on any atom is -0.258 e. The molecule has 0 bridgehead atoms. The standard InChI is InChI=1S/C24H20N4O6/c1-5-15-8-18-17(11-20(15)27(31)32)22-19(9-16(26(29)30)10-21(22)28(33)34)24(18)25-23-13(3)6-12(2)7-14(23)4/h6-11H,5H2,1-4H3. The summed E-state index contributed by atoms with van der Waals surface area (Å²) in [6.45, 7) is 7.50. The van der Waals surface area contributed by atoms with Gasteiger partial charge in [-0.15, -0.1) is 0 Å². The largest absolute Gasteiger partial charge is 0.284 e. The van der Waals surface area contributed by atoms with Crippen molar-refractivity contribution in [1.82, 2.24) is 0 Å². The monoisotopic (exact) mass is 460 g/mol. The van der Waals surface area contributed by atoms with Crippen LogP contribution in [0.25, 0.3) is 11.1 Å². The van der Waals surface area contributed by atoms with E-state index in [1.54, 1.807) is 13.0 Å². The number of aliphatic imine (C=N–C) groups is 1. The van der Waals surface area contributed by atoms with E-state index < -0.39 is 26.1 Å². The van der Waals surface area contributed by atoms with Gasteiger partial charge in [-0.1, -0.05) is 24.6 Å². The molecule has 1 aliphatic rings. The molecule has 0 heterocycles. The number of nitro benzene ring substituents is 3. The van der Waals surface area contributed by atoms with E-state index in [-0.39, 0.29) is 22.4 Å². The van der Waals surface area contributed by atoms with Gasteiger partial charge in [0.1, 0.15) is 0 Å². The summed E-state index contributed by atoms with van der Waals surface area (Å²) in [4.78, 5) is 38.1. The van der Waals surface area contributed by atoms with Crippen LogP contribution >= 0.6 is 0 Å². The Balaban J connectivity index is 2.16. The summed E-state index contributed by atoms with van der Waals surface area (Å²) in [6, 6.07) is 8.95. The molecule has 0 aromatic heterocycles. The lowest BCUT2D eigenvalue weighted by atomic mass is 9.99. The topological polar surface area (TPSA) is 142 Å². The third-order valence-corrected chi connectivity index (χ3v) is 5.94. The van der Waals surface area contributed by atoms with Crippen LogP contribution in [0.3, 0.4) is 0 Å². The van der Waals surface area contributed by atoms with Gasteiger partial charge in [0.05, 0.1) is 37.8 Å². The van der Waals surface area contributed by atoms with Gasteiger partial charge in [0.25, 0.3) is 17.1 Å². The van der Waals surface area contributed by atoms with E-state index in [1.807, 2.05) is 32.9 Å². The molecule has 0 unspecified atom stereocenters. The average molecular weight is 460 g/mol. The second-order valence-electron chi connectivity index (χ2n) is 8.25. The zero-order valence-electron chi connectivity index (χ0n) is 18.9. The highest BCUT2D eigenvalue weighted by molar-refractivity contribution is 6.27. The highest BCUT2D eigenvalue weighted by Crippen LogP contribution is 2.47. The summed E-state index contributed by atoms with van der Waals surface area (Å²) in [6.07, 6.45) is 0.359. The molecule has 3 aromatic rings. The molecule has 0 spiro atoms. The van der Waals surface area contributed by atoms with Crippen LogP contribution in [0.15, 0.2) is 41.4 Å². The minimum atomic E-state index is -0.708. The Morgan fingerprint density at radius 1 is 0.735 bits per heavy atom. The van der Waals surface area contributed by atoms with Gasteiger partial charge < -0.3 is 0 Å². The van der Waals surface area contributed by atoms with Crippen molar-refractivity contribution in [3.05, 3.63) is 100 Å². The number of nitrogens with zero attached hydrogens (tertiary/aromatic N) is 4. The first-order valence-electron chi connectivity index (χ1n) is 10.5. The molecule has 4 rings (SSSR count). The van der Waals surface area contributed by atoms with Gasteiger partial charge >= 0.3 is 0 Å². The second-order valence-corrected chi connectivity index (χ2v) is 8.25. The lowest BCUT2D eigenvalue weighted by Crippen LogP contribution is -2.03. The fraction of sp³-hybridized carbons (Fsp3) is 0.208. The van der Waals surface area contributed by atoms with Gasteiger partial charge in [0.2, 0.25) is 0 Å². The van der Waals surface area contributed by atoms with Crippen molar-refractivity contribution in [2.75, 3.05) is 0 Å². The van der Waals surface area contributed by atoms with Crippen molar-refractivity contribution in [1.29, 1.82) is 0 Å². The Labute approximate surface area is 194 Å². The number of non-ortho nitro benzene ring substituents is 1. The summed E-state index contributed by atoms with van der Waals surface area (Å²) >= 11 is 0. The van der Waals surface area contributed by atoms with E-state index in [1.165, 1.54) is 12.1 Å². The molecule has 0 fully saturated rings. The van der Waals surface area contributed by atoms with Crippen LogP contribution in [-0.4, -0.2) is 20.5 Å². The van der Waals surface area contributed by atoms with Crippen molar-refractivity contribution in [2.45, 2.75) is 34.1 Å². The van der Waals surface area contributed by atoms with Gasteiger partial charge in [0.15, 0.2) is 0 Å². The molecule has 0 amide bonds. The summed E-state index contributed by atoms with van der Waals surface area (Å²) in [5.74, 6) is 0. The van der Waals surface area contributed by atoms with Gasteiger partial charge in [-0.25, -0.2) is 4.99 Å². The third kappa shape index (κ3) is 3.58. The van der Waals surface area contributed by atoms with E-state index >= 15 is 0 Å². The van der Waals surface area contributed by atoms with Gasteiger partial charge in [0, 0.05) is 34.4 Å². The predicted octanol–water partition coefficient (Wildman–Crippen LogP) is 6.05. The summed E-state index contributed by atoms with van der Waals surface area (Å²) < 4.78 is 0. The van der Waals surface area contributed by atoms with Gasteiger partial charge in [-0.2, -0.15) is 0 Å². The number of fused-ring (bicyclic) bond motifs is 3. The van der Waals surface area contributed by atoms with Crippen LogP contribution in [0.2, 0.25) is 0 Å². The number of aryl methyl sites for hydroxylation is 4. The molecule has 3 aromatic carbocycles. The third-order valence-electron chi connectivity index (χ3n) is 5.94. The number of benzene rings is 3. The molecule has 0 atom stereocenters. The summed E-state index contributed by atoms with van der Waals surface area (Å²) in [7, 11) is 0. The van der Waals surface area contributed by atoms with E-state index in [0.717, 1.165) is 22.8 Å². The first-order valence-corrected chi connectivity index (χ1v) is 10.5. The van der Waals surface area contributed by atoms with Crippen LogP contribution in [0, 0.1) is 51.1 Å². The van der Waals surface area contributed by atoms with Crippen LogP contribution in [0.1, 0.15) is 40.3 Å². The van der Waals surface area contributed by atoms with Crippen LogP contribution < -0.4 is 0 Å². The summed E-state index contributed by atoms with van der Waals surface area (Å²) in [5, 5.41) is 35.2. The Morgan fingerprint density at radius 2 is 1.35 bits per heavy atom. The van der Waals surface area contributed by atoms with Crippen molar-refractivity contribution >= 4 is 28.5 Å². The SMILES string of the molecule is CCc1cc2c(cc1[N+](=O)[O-])-c1c(cc([N+](=O)[O-])cc1[N+](=O)[O-])C2=Nc1c(C)cc(C)cc1C. The molecule has 0 saturated carbocycles. The fourth-order valence-electron chi connectivity index (χ4n) is 4.55. The Kier molecular flexibility index (Phi) is 5.44. The number of nitro groups is 3. The lowest BCUT2D eigenvalue weighted by molar-refractivity contribution is -0.393. The molecule has 0 aliphatic heterocycles. The molecule has 0 radical (unpaired) electrons. The molecule has 10 heteroatoms. The fourth-order valence-corrected chi connectivity index (χ4v) is 4.55. The smallest absolute Gasteiger partial charge is 0.258 e. The molecule has 172 valence electrons. The number of rotatable bonds is 5. The maximum atomic E-state index is 11.9. The van der Waals surface area contributed by atoms with Crippen LogP contribution in [0.4, 0.5) is 22.7 Å². The van der Waals surface area contributed by atoms with Gasteiger partial charge in [-0.3, -0.25) is 30.3 Å². The molecule has 1 aliphatic carbocycles. The lowest BCUT2D eigenvalue weighted by Gasteiger charge is -2.10. The molecule has 10 nitrogen and oxygen atoms in total. The zero-order valence-corrected chi connectivity index (χ0v) is 18.9. The maximum Gasteiger partial charge on any atom is 0.284 e. The van der Waals surface area contributed by atoms with Crippen molar-refractivity contribution in [3.8, 4) is 11.1 Å². The second kappa shape index (κ2) is 8.14. The van der Waals surface area contributed by atoms with Crippen molar-refractivity contribution in [2.24, 2.45) is 4.99 Å². The highest BCUT2D eigenvalue weighted by Gasteiger charge is 2.37. The average Bonchev–Trinajstić information content (AvgIpc) is 3.06. The Hall–Kier alpha value is -4.47. The number of hydrogen-bond acceptors (Lipinski definition) is 7. The zero-order chi connectivity index (χ0) is 24.9. The van der Waals surface area contributed by atoms with Crippen molar-refractivity contribution in [3.63, 3.8) is 0 Å². The summed E-state index contributed by atoms with van der Waals surface area (Å²) in [5.41, 5.74) is 4.12. The maximum absolute atomic E-state index is 11.9. The highest BCUT2D eigenvalue weighted by atomic mass is 16.6. The minimum absolute atomic E-state index is 0.0949. The molecular weight excluding hydrogens is 440 g/mol. The van der Waals surface area contributed by atoms with E-state index in [4.69, 9.17) is 4.99 Å². The quantitative estimate of drug-likeness (QED) is 0.262. The predicted molar refractivity (Wildman–Crippen MR) is 127 cm³/mol. The van der Waals surface area contributed by atoms with E-state index in [2.05, 4.69) is 0 Å². The van der Waals surface area contributed by atoms with Crippen LogP contribution in [-0.2, 0) is 6.42 Å². The molecule has 0 N–H and O–H groups in total. The normalized spacial score (nSPS) is 13.0. The molecular formula is C24H20N4O6. The number of hydrogen-bond donors (Lipinski definition) is 0. The van der Waals surface area contributed by atoms with Crippen molar-refractivity contribution < 1.29 is 14.8 Å². The van der Waals surface area contributed by atoms with Crippen LogP contribution in [0.5, 0.6) is 0 Å². The molecule has 34 heavy (non-hydrogen) atoms. The Morgan fingerprint density at radius 3 is 1.88 bits per heavy atom. The first kappa shape index (κ1) is 22.7. The van der Waals surface area contributed by atoms with Gasteiger partial charge in [-0.05, 0) is 44.4 Å². The van der Waals surface area contributed by atoms with E-state index in [9.17, 15) is 30.3 Å². The first-order chi connectivity index (χ1) is 16.0. The van der Waals surface area contributed by atoms with E-state index in [0.29, 0.717) is 28.9 Å².